The summed E-state index contributed by atoms with van der Waals surface area (Å²) < 4.78 is 4.46. The fourth-order valence-electron chi connectivity index (χ4n) is 1.00. The van der Waals surface area contributed by atoms with E-state index in [1.807, 2.05) is 0 Å². The second kappa shape index (κ2) is 4.53. The number of hydrogen-bond acceptors (Lipinski definition) is 4. The van der Waals surface area contributed by atoms with Crippen LogP contribution in [-0.2, 0) is 9.53 Å². The zero-order valence-corrected chi connectivity index (χ0v) is 7.82. The Hall–Kier alpha value is -1.68. The quantitative estimate of drug-likeness (QED) is 0.552. The maximum absolute atomic E-state index is 11.3. The molecule has 0 radical (unpaired) electrons. The van der Waals surface area contributed by atoms with Crippen LogP contribution in [0.4, 0.5) is 0 Å². The molecular weight excluding hydrogens is 182 g/mol. The first-order chi connectivity index (χ1) is 6.65. The van der Waals surface area contributed by atoms with Crippen molar-refractivity contribution in [2.75, 3.05) is 6.54 Å². The van der Waals surface area contributed by atoms with E-state index in [0.29, 0.717) is 5.56 Å². The fraction of sp³-hybridized carbons (Fsp3) is 0.200. The zero-order chi connectivity index (χ0) is 10.6. The van der Waals surface area contributed by atoms with Gasteiger partial charge in [-0.15, -0.1) is 0 Å². The molecule has 2 N–H and O–H groups in total. The van der Waals surface area contributed by atoms with E-state index in [2.05, 4.69) is 4.74 Å². The summed E-state index contributed by atoms with van der Waals surface area (Å²) in [6, 6.07) is 6.87. The number of aryl methyl sites for hydroxylation is 1. The number of ether oxygens (including phenoxy) is 1. The lowest BCUT2D eigenvalue weighted by atomic mass is 10.1. The number of esters is 2. The van der Waals surface area contributed by atoms with Gasteiger partial charge in [0.25, 0.3) is 0 Å². The smallest absolute Gasteiger partial charge is 0.346 e. The summed E-state index contributed by atoms with van der Waals surface area (Å²) in [4.78, 5) is 22.1. The van der Waals surface area contributed by atoms with Crippen LogP contribution in [0, 0.1) is 6.92 Å². The molecule has 0 saturated carbocycles. The van der Waals surface area contributed by atoms with Crippen LogP contribution in [0.2, 0.25) is 0 Å². The molecule has 74 valence electrons. The van der Waals surface area contributed by atoms with E-state index in [0.717, 1.165) is 5.56 Å². The SMILES string of the molecule is Cc1ccccc1C(=O)OC(=O)CN. The largest absolute Gasteiger partial charge is 0.388 e. The minimum atomic E-state index is -0.724. The van der Waals surface area contributed by atoms with Crippen LogP contribution in [0.5, 0.6) is 0 Å². The Morgan fingerprint density at radius 1 is 1.36 bits per heavy atom. The van der Waals surface area contributed by atoms with E-state index >= 15 is 0 Å². The molecule has 4 nitrogen and oxygen atoms in total. The lowest BCUT2D eigenvalue weighted by Crippen LogP contribution is -2.21. The van der Waals surface area contributed by atoms with Crippen molar-refractivity contribution >= 4 is 11.9 Å². The average molecular weight is 193 g/mol. The third kappa shape index (κ3) is 2.40. The van der Waals surface area contributed by atoms with Crippen LogP contribution < -0.4 is 5.73 Å². The van der Waals surface area contributed by atoms with Crippen molar-refractivity contribution in [1.82, 2.24) is 0 Å². The van der Waals surface area contributed by atoms with E-state index in [4.69, 9.17) is 5.73 Å². The molecule has 0 unspecified atom stereocenters. The number of benzene rings is 1. The van der Waals surface area contributed by atoms with Crippen molar-refractivity contribution in [3.05, 3.63) is 35.4 Å². The third-order valence-corrected chi connectivity index (χ3v) is 1.74. The summed E-state index contributed by atoms with van der Waals surface area (Å²) in [6.07, 6.45) is 0. The summed E-state index contributed by atoms with van der Waals surface area (Å²) >= 11 is 0. The van der Waals surface area contributed by atoms with Crippen LogP contribution in [0.1, 0.15) is 15.9 Å². The number of carbonyl (C=O) groups excluding carboxylic acids is 2. The Labute approximate surface area is 81.7 Å². The number of hydrogen-bond donors (Lipinski definition) is 1. The van der Waals surface area contributed by atoms with E-state index in [1.165, 1.54) is 0 Å². The Morgan fingerprint density at radius 2 is 2.00 bits per heavy atom. The maximum atomic E-state index is 11.3. The van der Waals surface area contributed by atoms with Crippen LogP contribution in [0.3, 0.4) is 0 Å². The molecule has 0 aliphatic carbocycles. The van der Waals surface area contributed by atoms with E-state index in [1.54, 1.807) is 31.2 Å². The van der Waals surface area contributed by atoms with Gasteiger partial charge in [-0.25, -0.2) is 4.79 Å². The molecule has 4 heteroatoms. The minimum absolute atomic E-state index is 0.294. The topological polar surface area (TPSA) is 69.4 Å². The second-order valence-corrected chi connectivity index (χ2v) is 2.78. The first kappa shape index (κ1) is 10.4. The average Bonchev–Trinajstić information content (AvgIpc) is 2.18. The lowest BCUT2D eigenvalue weighted by Gasteiger charge is -2.03. The Bertz CT molecular complexity index is 360. The molecule has 0 aliphatic rings. The van der Waals surface area contributed by atoms with Gasteiger partial charge in [-0.1, -0.05) is 18.2 Å². The minimum Gasteiger partial charge on any atom is -0.388 e. The van der Waals surface area contributed by atoms with Gasteiger partial charge in [0.2, 0.25) is 0 Å². The molecule has 0 aliphatic heterocycles. The molecule has 1 aromatic carbocycles. The van der Waals surface area contributed by atoms with Crippen molar-refractivity contribution in [2.24, 2.45) is 5.73 Å². The first-order valence-electron chi connectivity index (χ1n) is 4.16. The molecule has 0 heterocycles. The molecule has 0 atom stereocenters. The highest BCUT2D eigenvalue weighted by molar-refractivity contribution is 5.98. The van der Waals surface area contributed by atoms with Gasteiger partial charge < -0.3 is 10.5 Å². The van der Waals surface area contributed by atoms with E-state index in [-0.39, 0.29) is 6.54 Å². The van der Waals surface area contributed by atoms with Crippen molar-refractivity contribution in [3.8, 4) is 0 Å². The van der Waals surface area contributed by atoms with Gasteiger partial charge in [0, 0.05) is 0 Å². The van der Waals surface area contributed by atoms with Crippen molar-refractivity contribution in [3.63, 3.8) is 0 Å². The van der Waals surface area contributed by atoms with Gasteiger partial charge in [0.1, 0.15) is 0 Å². The van der Waals surface area contributed by atoms with Crippen LogP contribution in [0.25, 0.3) is 0 Å². The standard InChI is InChI=1S/C10H11NO3/c1-7-4-2-3-5-8(7)10(13)14-9(12)6-11/h2-5H,6,11H2,1H3. The summed E-state index contributed by atoms with van der Waals surface area (Å²) in [5.74, 6) is -1.38. The van der Waals surface area contributed by atoms with Crippen molar-refractivity contribution in [2.45, 2.75) is 6.92 Å². The maximum Gasteiger partial charge on any atom is 0.346 e. The van der Waals surface area contributed by atoms with Crippen molar-refractivity contribution in [1.29, 1.82) is 0 Å². The fourth-order valence-corrected chi connectivity index (χ4v) is 1.00. The molecule has 14 heavy (non-hydrogen) atoms. The Morgan fingerprint density at radius 3 is 2.57 bits per heavy atom. The monoisotopic (exact) mass is 193 g/mol. The van der Waals surface area contributed by atoms with Crippen molar-refractivity contribution < 1.29 is 14.3 Å². The van der Waals surface area contributed by atoms with Gasteiger partial charge in [-0.2, -0.15) is 0 Å². The second-order valence-electron chi connectivity index (χ2n) is 2.78. The predicted octanol–water partition coefficient (Wildman–Crippen LogP) is 0.637. The van der Waals surface area contributed by atoms with Crippen LogP contribution >= 0.6 is 0 Å². The van der Waals surface area contributed by atoms with Gasteiger partial charge in [-0.3, -0.25) is 4.79 Å². The summed E-state index contributed by atoms with van der Waals surface area (Å²) in [5.41, 5.74) is 6.16. The summed E-state index contributed by atoms with van der Waals surface area (Å²) in [5, 5.41) is 0. The molecule has 0 aromatic heterocycles. The van der Waals surface area contributed by atoms with Gasteiger partial charge in [0.15, 0.2) is 0 Å². The highest BCUT2D eigenvalue weighted by Gasteiger charge is 2.12. The predicted molar refractivity (Wildman–Crippen MR) is 50.7 cm³/mol. The molecule has 1 rings (SSSR count). The Kier molecular flexibility index (Phi) is 3.36. The molecule has 0 fully saturated rings. The summed E-state index contributed by atoms with van der Waals surface area (Å²) in [6.45, 7) is 1.47. The Balaban J connectivity index is 2.80. The molecule has 1 aromatic rings. The highest BCUT2D eigenvalue weighted by Crippen LogP contribution is 2.08. The van der Waals surface area contributed by atoms with Gasteiger partial charge >= 0.3 is 11.9 Å². The molecule has 0 spiro atoms. The van der Waals surface area contributed by atoms with Gasteiger partial charge in [-0.05, 0) is 18.6 Å². The molecule has 0 bridgehead atoms. The number of nitrogens with two attached hydrogens (primary N) is 1. The number of carbonyl (C=O) groups is 2. The normalized spacial score (nSPS) is 9.57. The first-order valence-corrected chi connectivity index (χ1v) is 4.16. The zero-order valence-electron chi connectivity index (χ0n) is 7.82. The lowest BCUT2D eigenvalue weighted by molar-refractivity contribution is -0.136. The van der Waals surface area contributed by atoms with Crippen LogP contribution in [0.15, 0.2) is 24.3 Å². The number of rotatable bonds is 2. The molecule has 0 amide bonds. The third-order valence-electron chi connectivity index (χ3n) is 1.74. The van der Waals surface area contributed by atoms with E-state index in [9.17, 15) is 9.59 Å². The summed E-state index contributed by atoms with van der Waals surface area (Å²) in [7, 11) is 0. The van der Waals surface area contributed by atoms with E-state index < -0.39 is 11.9 Å². The highest BCUT2D eigenvalue weighted by atomic mass is 16.6. The van der Waals surface area contributed by atoms with Crippen LogP contribution in [-0.4, -0.2) is 18.5 Å². The van der Waals surface area contributed by atoms with Gasteiger partial charge in [0.05, 0.1) is 12.1 Å². The molecule has 0 saturated heterocycles. The molecular formula is C10H11NO3.